The van der Waals surface area contributed by atoms with E-state index in [4.69, 9.17) is 16.2 Å². The van der Waals surface area contributed by atoms with Gasteiger partial charge in [0.15, 0.2) is 23.2 Å². The second-order valence-electron chi connectivity index (χ2n) is 9.98. The third-order valence-electron chi connectivity index (χ3n) is 6.86. The number of aromatic nitrogens is 5. The number of guanidine groups is 1. The van der Waals surface area contributed by atoms with Gasteiger partial charge in [-0.2, -0.15) is 27.8 Å². The Bertz CT molecular complexity index is 2100. The Morgan fingerprint density at radius 2 is 1.67 bits per heavy atom. The molecule has 0 radical (unpaired) electrons. The molecule has 0 saturated carbocycles. The zero-order valence-electron chi connectivity index (χ0n) is 24.0. The number of aryl methyl sites for hydroxylation is 1. The van der Waals surface area contributed by atoms with Gasteiger partial charge in [-0.1, -0.05) is 54.6 Å². The summed E-state index contributed by atoms with van der Waals surface area (Å²) in [6.45, 7) is 1.61. The van der Waals surface area contributed by atoms with Gasteiger partial charge in [0, 0.05) is 17.3 Å². The summed E-state index contributed by atoms with van der Waals surface area (Å²) in [6.07, 6.45) is -3.34. The number of para-hydroxylation sites is 2. The van der Waals surface area contributed by atoms with Gasteiger partial charge >= 0.3 is 12.1 Å². The van der Waals surface area contributed by atoms with Crippen LogP contribution in [0.4, 0.5) is 30.5 Å². The molecule has 0 aliphatic carbocycles. The molecule has 3 heterocycles. The van der Waals surface area contributed by atoms with Gasteiger partial charge < -0.3 is 21.5 Å². The number of alkyl halides is 3. The average Bonchev–Trinajstić information content (AvgIpc) is 3.39. The van der Waals surface area contributed by atoms with Crippen LogP contribution in [0.5, 0.6) is 5.75 Å². The molecule has 5 N–H and O–H groups in total. The number of fused-ring (bicyclic) bond motifs is 1. The number of rotatable bonds is 6. The van der Waals surface area contributed by atoms with Crippen LogP contribution in [-0.2, 0) is 6.18 Å². The Morgan fingerprint density at radius 3 is 2.41 bits per heavy atom. The zero-order chi connectivity index (χ0) is 32.4. The van der Waals surface area contributed by atoms with Crippen molar-refractivity contribution in [1.29, 1.82) is 0 Å². The molecule has 3 aromatic carbocycles. The topological polar surface area (TPSA) is 159 Å². The van der Waals surface area contributed by atoms with Crippen LogP contribution < -0.4 is 21.5 Å². The lowest BCUT2D eigenvalue weighted by Crippen LogP contribution is -2.23. The zero-order valence-corrected chi connectivity index (χ0v) is 24.0. The smallest absolute Gasteiger partial charge is 0.416 e. The SMILES string of the molecule is Cc1nn2c(N)c(C(=O)Oc3ccccc3NC(N)=Nc3ccc(-c4ccccc4)nn3)cnc2c1-c1cccc(C(F)(F)F)c1. The Labute approximate surface area is 259 Å². The number of carbonyl (C=O) groups excluding carboxylic acids is 1. The van der Waals surface area contributed by atoms with E-state index in [0.29, 0.717) is 22.6 Å². The first-order valence-corrected chi connectivity index (χ1v) is 13.7. The number of nitrogens with zero attached hydrogens (tertiary/aromatic N) is 6. The lowest BCUT2D eigenvalue weighted by atomic mass is 10.0. The Morgan fingerprint density at radius 1 is 0.935 bits per heavy atom. The van der Waals surface area contributed by atoms with Crippen molar-refractivity contribution in [2.75, 3.05) is 11.1 Å². The van der Waals surface area contributed by atoms with Crippen molar-refractivity contribution in [2.24, 2.45) is 10.7 Å². The second-order valence-corrected chi connectivity index (χ2v) is 9.98. The van der Waals surface area contributed by atoms with Gasteiger partial charge in [-0.15, -0.1) is 10.2 Å². The third-order valence-corrected chi connectivity index (χ3v) is 6.86. The molecule has 230 valence electrons. The van der Waals surface area contributed by atoms with Crippen molar-refractivity contribution >= 4 is 34.9 Å². The first-order valence-electron chi connectivity index (χ1n) is 13.7. The fourth-order valence-electron chi connectivity index (χ4n) is 4.71. The van der Waals surface area contributed by atoms with Crippen molar-refractivity contribution < 1.29 is 22.7 Å². The summed E-state index contributed by atoms with van der Waals surface area (Å²) in [4.78, 5) is 21.8. The monoisotopic (exact) mass is 623 g/mol. The van der Waals surface area contributed by atoms with E-state index in [1.165, 1.54) is 28.9 Å². The minimum absolute atomic E-state index is 0.0398. The molecule has 0 fully saturated rings. The van der Waals surface area contributed by atoms with E-state index in [0.717, 1.165) is 17.7 Å². The van der Waals surface area contributed by atoms with Crippen molar-refractivity contribution in [3.63, 3.8) is 0 Å². The van der Waals surface area contributed by atoms with E-state index in [-0.39, 0.29) is 40.1 Å². The summed E-state index contributed by atoms with van der Waals surface area (Å²) in [5, 5.41) is 15.5. The highest BCUT2D eigenvalue weighted by Gasteiger charge is 2.31. The maximum Gasteiger partial charge on any atom is 0.416 e. The molecule has 11 nitrogen and oxygen atoms in total. The van der Waals surface area contributed by atoms with E-state index in [2.05, 4.69) is 30.6 Å². The molecule has 46 heavy (non-hydrogen) atoms. The lowest BCUT2D eigenvalue weighted by Gasteiger charge is -2.12. The molecule has 6 rings (SSSR count). The third kappa shape index (κ3) is 6.04. The van der Waals surface area contributed by atoms with Gasteiger partial charge in [0.25, 0.3) is 0 Å². The number of halogens is 3. The van der Waals surface area contributed by atoms with Gasteiger partial charge in [-0.05, 0) is 48.9 Å². The predicted octanol–water partition coefficient (Wildman–Crippen LogP) is 6.04. The Kier molecular flexibility index (Phi) is 7.76. The summed E-state index contributed by atoms with van der Waals surface area (Å²) in [6, 6.07) is 24.3. The van der Waals surface area contributed by atoms with Crippen molar-refractivity contribution in [3.05, 3.63) is 114 Å². The van der Waals surface area contributed by atoms with Gasteiger partial charge in [-0.3, -0.25) is 0 Å². The van der Waals surface area contributed by atoms with Crippen molar-refractivity contribution in [3.8, 4) is 28.1 Å². The number of esters is 1. The number of carbonyl (C=O) groups is 1. The van der Waals surface area contributed by atoms with E-state index < -0.39 is 17.7 Å². The number of anilines is 2. The molecule has 0 bridgehead atoms. The average molecular weight is 624 g/mol. The maximum atomic E-state index is 13.3. The Balaban J connectivity index is 1.22. The van der Waals surface area contributed by atoms with Crippen LogP contribution in [0.1, 0.15) is 21.6 Å². The molecule has 6 aromatic rings. The molecule has 0 atom stereocenters. The second kappa shape index (κ2) is 12.0. The van der Waals surface area contributed by atoms with Crippen LogP contribution in [0.3, 0.4) is 0 Å². The summed E-state index contributed by atoms with van der Waals surface area (Å²) >= 11 is 0. The Hall–Kier alpha value is -6.31. The molecule has 0 aliphatic rings. The van der Waals surface area contributed by atoms with E-state index >= 15 is 0 Å². The number of aliphatic imine (C=N–C) groups is 1. The van der Waals surface area contributed by atoms with Gasteiger partial charge in [-0.25, -0.2) is 9.78 Å². The number of benzene rings is 3. The molecule has 0 unspecified atom stereocenters. The summed E-state index contributed by atoms with van der Waals surface area (Å²) in [5.41, 5.74) is 14.5. The first-order chi connectivity index (χ1) is 22.1. The van der Waals surface area contributed by atoms with Crippen LogP contribution >= 0.6 is 0 Å². The highest BCUT2D eigenvalue weighted by molar-refractivity contribution is 5.99. The fraction of sp³-hybridized carbons (Fsp3) is 0.0625. The van der Waals surface area contributed by atoms with E-state index in [9.17, 15) is 18.0 Å². The van der Waals surface area contributed by atoms with Crippen LogP contribution in [0, 0.1) is 6.92 Å². The van der Waals surface area contributed by atoms with Crippen LogP contribution in [0.15, 0.2) is 102 Å². The van der Waals surface area contributed by atoms with Crippen LogP contribution in [0.2, 0.25) is 0 Å². The summed E-state index contributed by atoms with van der Waals surface area (Å²) in [7, 11) is 0. The number of nitrogens with one attached hydrogen (secondary N) is 1. The predicted molar refractivity (Wildman–Crippen MR) is 166 cm³/mol. The molecule has 0 spiro atoms. The molecule has 14 heteroatoms. The normalized spacial score (nSPS) is 11.9. The number of nitrogens with two attached hydrogens (primary N) is 2. The number of nitrogen functional groups attached to an aromatic ring is 1. The molecule has 0 saturated heterocycles. The first kappa shape index (κ1) is 29.7. The van der Waals surface area contributed by atoms with Crippen molar-refractivity contribution in [1.82, 2.24) is 24.8 Å². The molecular formula is C32H24F3N9O2. The molecular weight excluding hydrogens is 599 g/mol. The summed E-state index contributed by atoms with van der Waals surface area (Å²) in [5.74, 6) is -0.641. The lowest BCUT2D eigenvalue weighted by molar-refractivity contribution is -0.137. The maximum absolute atomic E-state index is 13.3. The standard InChI is InChI=1S/C32H24F3N9O2/c1-18-27(20-10-7-11-21(16-20)32(33,34)35)29-38-17-22(28(36)44(29)43-18)30(45)46-25-13-6-5-12-24(25)39-31(37)40-26-15-14-23(41-42-26)19-8-3-2-4-9-19/h2-17H,36H2,1H3,(H3,37,39,40,42). The highest BCUT2D eigenvalue weighted by Crippen LogP contribution is 2.35. The molecule has 0 aliphatic heterocycles. The minimum Gasteiger partial charge on any atom is -0.421 e. The quantitative estimate of drug-likeness (QED) is 0.0870. The summed E-state index contributed by atoms with van der Waals surface area (Å²) < 4.78 is 46.8. The molecule has 3 aromatic heterocycles. The number of ether oxygens (including phenoxy) is 1. The fourth-order valence-corrected chi connectivity index (χ4v) is 4.71. The number of hydrogen-bond acceptors (Lipinski definition) is 8. The molecule has 0 amide bonds. The minimum atomic E-state index is -4.53. The van der Waals surface area contributed by atoms with Crippen LogP contribution in [-0.4, -0.2) is 36.7 Å². The van der Waals surface area contributed by atoms with Gasteiger partial charge in [0.1, 0.15) is 11.4 Å². The van der Waals surface area contributed by atoms with Gasteiger partial charge in [0.05, 0.1) is 22.6 Å². The van der Waals surface area contributed by atoms with E-state index in [1.54, 1.807) is 37.3 Å². The van der Waals surface area contributed by atoms with Gasteiger partial charge in [0.2, 0.25) is 0 Å². The van der Waals surface area contributed by atoms with E-state index in [1.807, 2.05) is 30.3 Å². The highest BCUT2D eigenvalue weighted by atomic mass is 19.4. The van der Waals surface area contributed by atoms with Crippen molar-refractivity contribution in [2.45, 2.75) is 13.1 Å². The van der Waals surface area contributed by atoms with Crippen LogP contribution in [0.25, 0.3) is 28.0 Å². The largest absolute Gasteiger partial charge is 0.421 e. The number of hydrogen-bond donors (Lipinski definition) is 3.